The highest BCUT2D eigenvalue weighted by molar-refractivity contribution is 8.23. The van der Waals surface area contributed by atoms with Gasteiger partial charge < -0.3 is 0 Å². The predicted octanol–water partition coefficient (Wildman–Crippen LogP) is 4.62. The van der Waals surface area contributed by atoms with Crippen molar-refractivity contribution in [2.24, 2.45) is 0 Å². The first kappa shape index (κ1) is 20.2. The molecular formula is C15H20O2S6. The zero-order valence-electron chi connectivity index (χ0n) is 12.7. The molecular weight excluding hydrogens is 405 g/mol. The normalized spacial score (nSPS) is 30.3. The largest absolute Gasteiger partial charge is 0.282 e. The molecule has 0 aromatic heterocycles. The van der Waals surface area contributed by atoms with E-state index in [0.717, 1.165) is 23.0 Å². The molecule has 2 saturated heterocycles. The Kier molecular flexibility index (Phi) is 9.51. The molecule has 2 aliphatic rings. The molecule has 128 valence electrons. The van der Waals surface area contributed by atoms with Crippen LogP contribution in [-0.2, 0) is 9.59 Å². The summed E-state index contributed by atoms with van der Waals surface area (Å²) in [5.74, 6) is 4.07. The van der Waals surface area contributed by atoms with E-state index in [1.54, 1.807) is 0 Å². The third-order valence-corrected chi connectivity index (χ3v) is 12.3. The molecule has 2 nitrogen and oxygen atoms in total. The minimum atomic E-state index is 0.0790. The Balaban J connectivity index is 1.63. The highest BCUT2D eigenvalue weighted by atomic mass is 32.2. The van der Waals surface area contributed by atoms with Crippen molar-refractivity contribution in [2.75, 3.05) is 23.0 Å². The van der Waals surface area contributed by atoms with Gasteiger partial charge in [-0.1, -0.05) is 36.7 Å². The molecule has 0 aliphatic carbocycles. The van der Waals surface area contributed by atoms with Crippen molar-refractivity contribution in [3.8, 4) is 0 Å². The minimum absolute atomic E-state index is 0.0790. The van der Waals surface area contributed by atoms with Gasteiger partial charge in [0.25, 0.3) is 0 Å². The lowest BCUT2D eigenvalue weighted by Gasteiger charge is -2.14. The fourth-order valence-electron chi connectivity index (χ4n) is 2.06. The zero-order valence-corrected chi connectivity index (χ0v) is 17.6. The molecule has 2 aliphatic heterocycles. The highest BCUT2D eigenvalue weighted by Crippen LogP contribution is 2.48. The Morgan fingerprint density at radius 3 is 1.74 bits per heavy atom. The fraction of sp³-hybridized carbons (Fsp3) is 0.600. The first-order chi connectivity index (χ1) is 11.1. The van der Waals surface area contributed by atoms with Gasteiger partial charge in [-0.2, -0.15) is 0 Å². The molecule has 2 heterocycles. The van der Waals surface area contributed by atoms with E-state index in [2.05, 4.69) is 13.2 Å². The second kappa shape index (κ2) is 10.8. The molecule has 0 aromatic rings. The van der Waals surface area contributed by atoms with Crippen molar-refractivity contribution in [1.82, 2.24) is 0 Å². The lowest BCUT2D eigenvalue weighted by atomic mass is 10.5. The topological polar surface area (TPSA) is 34.1 Å². The van der Waals surface area contributed by atoms with E-state index in [1.165, 1.54) is 42.1 Å². The average molecular weight is 425 g/mol. The molecule has 0 bridgehead atoms. The molecule has 0 amide bonds. The first-order valence-electron chi connectivity index (χ1n) is 7.23. The van der Waals surface area contributed by atoms with Gasteiger partial charge in [0.15, 0.2) is 0 Å². The number of carbonyl (C=O) groups excluding carboxylic acids is 2. The van der Waals surface area contributed by atoms with Crippen molar-refractivity contribution < 1.29 is 9.59 Å². The second-order valence-electron chi connectivity index (χ2n) is 4.95. The van der Waals surface area contributed by atoms with Gasteiger partial charge in [-0.15, -0.1) is 47.0 Å². The zero-order chi connectivity index (χ0) is 16.7. The van der Waals surface area contributed by atoms with Crippen molar-refractivity contribution in [3.63, 3.8) is 0 Å². The Labute approximate surface area is 164 Å². The maximum atomic E-state index is 11.3. The summed E-state index contributed by atoms with van der Waals surface area (Å²) >= 11 is 10.9. The minimum Gasteiger partial charge on any atom is -0.282 e. The van der Waals surface area contributed by atoms with Gasteiger partial charge in [0.1, 0.15) is 0 Å². The summed E-state index contributed by atoms with van der Waals surface area (Å²) in [5.41, 5.74) is 0. The standard InChI is InChI=1S/C15H20O2S6/c1-3-12(16)18-6-10-8-20-14(22-10)5-15-21-9-11(23-15)7-19-13(17)4-2/h3-4,10-11,14-15H,1-2,5-9H2. The van der Waals surface area contributed by atoms with Crippen LogP contribution in [0.25, 0.3) is 0 Å². The Bertz CT molecular complexity index is 415. The van der Waals surface area contributed by atoms with E-state index in [9.17, 15) is 9.59 Å². The maximum Gasteiger partial charge on any atom is 0.211 e. The van der Waals surface area contributed by atoms with Crippen molar-refractivity contribution in [3.05, 3.63) is 25.3 Å². The van der Waals surface area contributed by atoms with E-state index in [-0.39, 0.29) is 10.2 Å². The third-order valence-electron chi connectivity index (χ3n) is 3.17. The molecule has 2 rings (SSSR count). The number of thioether (sulfide) groups is 6. The van der Waals surface area contributed by atoms with Crippen molar-refractivity contribution in [1.29, 1.82) is 0 Å². The Morgan fingerprint density at radius 1 is 0.913 bits per heavy atom. The molecule has 2 fully saturated rings. The summed E-state index contributed by atoms with van der Waals surface area (Å²) in [7, 11) is 0. The van der Waals surface area contributed by atoms with Gasteiger partial charge in [0, 0.05) is 33.5 Å². The van der Waals surface area contributed by atoms with Crippen LogP contribution in [0.5, 0.6) is 0 Å². The number of hydrogen-bond acceptors (Lipinski definition) is 8. The van der Waals surface area contributed by atoms with Crippen LogP contribution in [0.4, 0.5) is 0 Å². The quantitative estimate of drug-likeness (QED) is 0.522. The van der Waals surface area contributed by atoms with E-state index in [0.29, 0.717) is 19.7 Å². The van der Waals surface area contributed by atoms with E-state index in [4.69, 9.17) is 0 Å². The summed E-state index contributed by atoms with van der Waals surface area (Å²) in [5, 5.41) is 1.31. The number of carbonyl (C=O) groups is 2. The van der Waals surface area contributed by atoms with E-state index >= 15 is 0 Å². The molecule has 4 unspecified atom stereocenters. The lowest BCUT2D eigenvalue weighted by Crippen LogP contribution is -2.08. The molecule has 0 saturated carbocycles. The van der Waals surface area contributed by atoms with Crippen LogP contribution in [0.2, 0.25) is 0 Å². The van der Waals surface area contributed by atoms with Gasteiger partial charge in [-0.05, 0) is 18.6 Å². The lowest BCUT2D eigenvalue weighted by molar-refractivity contribution is -0.107. The first-order valence-corrected chi connectivity index (χ1v) is 13.2. The Morgan fingerprint density at radius 2 is 1.35 bits per heavy atom. The summed E-state index contributed by atoms with van der Waals surface area (Å²) in [6.45, 7) is 7.02. The number of hydrogen-bond donors (Lipinski definition) is 0. The molecule has 4 atom stereocenters. The summed E-state index contributed by atoms with van der Waals surface area (Å²) in [4.78, 5) is 22.6. The SMILES string of the molecule is C=CC(=O)SCC1CSC(CC2SCC(CSC(=O)C=C)S2)S1. The highest BCUT2D eigenvalue weighted by Gasteiger charge is 2.33. The van der Waals surface area contributed by atoms with Gasteiger partial charge in [-0.25, -0.2) is 0 Å². The van der Waals surface area contributed by atoms with Crippen LogP contribution in [0.15, 0.2) is 25.3 Å². The van der Waals surface area contributed by atoms with Crippen LogP contribution in [0.3, 0.4) is 0 Å². The van der Waals surface area contributed by atoms with E-state index < -0.39 is 0 Å². The smallest absolute Gasteiger partial charge is 0.211 e. The molecule has 8 heteroatoms. The van der Waals surface area contributed by atoms with Gasteiger partial charge in [0.05, 0.1) is 9.16 Å². The van der Waals surface area contributed by atoms with Crippen molar-refractivity contribution >= 4 is 80.8 Å². The fourth-order valence-corrected chi connectivity index (χ4v) is 11.4. The van der Waals surface area contributed by atoms with Crippen LogP contribution < -0.4 is 0 Å². The number of rotatable bonds is 8. The summed E-state index contributed by atoms with van der Waals surface area (Å²) in [6.07, 6.45) is 4.00. The van der Waals surface area contributed by atoms with Gasteiger partial charge in [0.2, 0.25) is 10.2 Å². The van der Waals surface area contributed by atoms with Crippen molar-refractivity contribution in [2.45, 2.75) is 26.1 Å². The predicted molar refractivity (Wildman–Crippen MR) is 115 cm³/mol. The third kappa shape index (κ3) is 7.36. The molecule has 0 radical (unpaired) electrons. The maximum absolute atomic E-state index is 11.3. The molecule has 0 aromatic carbocycles. The van der Waals surface area contributed by atoms with Crippen LogP contribution in [0, 0.1) is 0 Å². The molecule has 0 spiro atoms. The molecule has 0 N–H and O–H groups in total. The Hall–Kier alpha value is 0.920. The van der Waals surface area contributed by atoms with Crippen LogP contribution in [0.1, 0.15) is 6.42 Å². The average Bonchev–Trinajstić information content (AvgIpc) is 3.20. The van der Waals surface area contributed by atoms with Crippen LogP contribution in [-0.4, -0.2) is 52.9 Å². The van der Waals surface area contributed by atoms with Gasteiger partial charge in [-0.3, -0.25) is 9.59 Å². The van der Waals surface area contributed by atoms with E-state index in [1.807, 2.05) is 47.0 Å². The second-order valence-corrected chi connectivity index (χ2v) is 13.1. The summed E-state index contributed by atoms with van der Waals surface area (Å²) < 4.78 is 1.29. The summed E-state index contributed by atoms with van der Waals surface area (Å²) in [6, 6.07) is 0. The van der Waals surface area contributed by atoms with Gasteiger partial charge >= 0.3 is 0 Å². The monoisotopic (exact) mass is 424 g/mol. The molecule has 23 heavy (non-hydrogen) atoms. The van der Waals surface area contributed by atoms with Crippen LogP contribution >= 0.6 is 70.6 Å².